The number of ether oxygens (including phenoxy) is 3. The van der Waals surface area contributed by atoms with Crippen molar-refractivity contribution in [1.29, 1.82) is 0 Å². The van der Waals surface area contributed by atoms with Crippen LogP contribution >= 0.6 is 0 Å². The number of para-hydroxylation sites is 1. The first-order valence-corrected chi connectivity index (χ1v) is 8.97. The summed E-state index contributed by atoms with van der Waals surface area (Å²) in [4.78, 5) is 2.50. The molecule has 0 aromatic heterocycles. The normalized spacial score (nSPS) is 17.8. The van der Waals surface area contributed by atoms with Crippen molar-refractivity contribution < 1.29 is 14.2 Å². The van der Waals surface area contributed by atoms with E-state index in [-0.39, 0.29) is 6.04 Å². The third kappa shape index (κ3) is 3.79. The van der Waals surface area contributed by atoms with E-state index in [0.29, 0.717) is 0 Å². The Morgan fingerprint density at radius 2 is 1.69 bits per heavy atom. The largest absolute Gasteiger partial charge is 0.496 e. The van der Waals surface area contributed by atoms with Gasteiger partial charge in [-0.2, -0.15) is 0 Å². The fourth-order valence-electron chi connectivity index (χ4n) is 3.60. The van der Waals surface area contributed by atoms with Gasteiger partial charge in [0.1, 0.15) is 5.75 Å². The first-order chi connectivity index (χ1) is 12.7. The highest BCUT2D eigenvalue weighted by Crippen LogP contribution is 2.34. The van der Waals surface area contributed by atoms with Gasteiger partial charge in [0.05, 0.1) is 27.4 Å². The Balaban J connectivity index is 1.90. The van der Waals surface area contributed by atoms with Gasteiger partial charge < -0.3 is 19.5 Å². The van der Waals surface area contributed by atoms with Crippen LogP contribution in [0.2, 0.25) is 0 Å². The summed E-state index contributed by atoms with van der Waals surface area (Å²) >= 11 is 0. The number of methoxy groups -OCH3 is 3. The minimum atomic E-state index is 0.271. The average Bonchev–Trinajstić information content (AvgIpc) is 2.69. The van der Waals surface area contributed by atoms with E-state index in [1.807, 2.05) is 12.1 Å². The van der Waals surface area contributed by atoms with Crippen molar-refractivity contribution in [2.45, 2.75) is 19.5 Å². The van der Waals surface area contributed by atoms with E-state index in [2.05, 4.69) is 41.4 Å². The summed E-state index contributed by atoms with van der Waals surface area (Å²) in [7, 11) is 5.09. The second-order valence-electron chi connectivity index (χ2n) is 6.57. The summed E-state index contributed by atoms with van der Waals surface area (Å²) in [6.07, 6.45) is 0. The molecule has 0 spiro atoms. The third-order valence-corrected chi connectivity index (χ3v) is 5.07. The zero-order valence-corrected chi connectivity index (χ0v) is 16.0. The lowest BCUT2D eigenvalue weighted by Gasteiger charge is -2.37. The summed E-state index contributed by atoms with van der Waals surface area (Å²) in [6, 6.07) is 12.7. The van der Waals surface area contributed by atoms with Crippen LogP contribution in [-0.2, 0) is 6.54 Å². The number of piperazine rings is 1. The molecule has 1 heterocycles. The number of benzene rings is 2. The molecule has 0 aliphatic carbocycles. The first-order valence-electron chi connectivity index (χ1n) is 8.97. The number of hydrogen-bond donors (Lipinski definition) is 1. The Morgan fingerprint density at radius 1 is 1.00 bits per heavy atom. The molecule has 0 bridgehead atoms. The van der Waals surface area contributed by atoms with E-state index in [0.717, 1.165) is 43.4 Å². The van der Waals surface area contributed by atoms with Crippen LogP contribution in [0.1, 0.15) is 22.7 Å². The smallest absolute Gasteiger partial charge is 0.161 e. The molecule has 1 atom stereocenters. The number of rotatable bonds is 6. The van der Waals surface area contributed by atoms with Gasteiger partial charge in [-0.25, -0.2) is 0 Å². The number of nitrogens with zero attached hydrogens (tertiary/aromatic N) is 1. The van der Waals surface area contributed by atoms with E-state index in [4.69, 9.17) is 14.2 Å². The molecule has 1 unspecified atom stereocenters. The zero-order valence-electron chi connectivity index (χ0n) is 16.0. The Kier molecular flexibility index (Phi) is 6.01. The number of nitrogens with one attached hydrogen (secondary N) is 1. The predicted octanol–water partition coefficient (Wildman–Crippen LogP) is 3.17. The van der Waals surface area contributed by atoms with Gasteiger partial charge in [0.2, 0.25) is 0 Å². The molecule has 2 aromatic carbocycles. The molecule has 1 aliphatic rings. The van der Waals surface area contributed by atoms with Gasteiger partial charge in [-0.1, -0.05) is 18.2 Å². The van der Waals surface area contributed by atoms with Gasteiger partial charge in [0, 0.05) is 31.7 Å². The molecule has 26 heavy (non-hydrogen) atoms. The van der Waals surface area contributed by atoms with E-state index < -0.39 is 0 Å². The molecular formula is C21H28N2O3. The Morgan fingerprint density at radius 3 is 2.42 bits per heavy atom. The van der Waals surface area contributed by atoms with Crippen molar-refractivity contribution in [3.63, 3.8) is 0 Å². The molecule has 1 N–H and O–H groups in total. The maximum Gasteiger partial charge on any atom is 0.161 e. The fraction of sp³-hybridized carbons (Fsp3) is 0.429. The lowest BCUT2D eigenvalue weighted by molar-refractivity contribution is 0.150. The number of aryl methyl sites for hydroxylation is 1. The lowest BCUT2D eigenvalue weighted by Crippen LogP contribution is -2.45. The second kappa shape index (κ2) is 8.43. The van der Waals surface area contributed by atoms with Crippen LogP contribution in [-0.4, -0.2) is 45.9 Å². The van der Waals surface area contributed by atoms with Gasteiger partial charge in [-0.3, -0.25) is 4.90 Å². The van der Waals surface area contributed by atoms with Crippen LogP contribution < -0.4 is 19.5 Å². The second-order valence-corrected chi connectivity index (χ2v) is 6.57. The predicted molar refractivity (Wildman–Crippen MR) is 103 cm³/mol. The summed E-state index contributed by atoms with van der Waals surface area (Å²) in [6.45, 7) is 5.86. The van der Waals surface area contributed by atoms with Crippen molar-refractivity contribution in [1.82, 2.24) is 10.2 Å². The van der Waals surface area contributed by atoms with E-state index >= 15 is 0 Å². The maximum atomic E-state index is 5.60. The molecular weight excluding hydrogens is 328 g/mol. The molecule has 1 saturated heterocycles. The van der Waals surface area contributed by atoms with Crippen LogP contribution in [0.4, 0.5) is 0 Å². The summed E-state index contributed by atoms with van der Waals surface area (Å²) in [5.74, 6) is 2.49. The molecule has 0 amide bonds. The van der Waals surface area contributed by atoms with Crippen LogP contribution in [0.25, 0.3) is 0 Å². The van der Waals surface area contributed by atoms with Gasteiger partial charge in [0.15, 0.2) is 11.5 Å². The Labute approximate surface area is 155 Å². The molecule has 5 heteroatoms. The van der Waals surface area contributed by atoms with Crippen molar-refractivity contribution in [2.75, 3.05) is 41.0 Å². The summed E-state index contributed by atoms with van der Waals surface area (Å²) in [5.41, 5.74) is 3.68. The number of hydrogen-bond acceptors (Lipinski definition) is 5. The topological polar surface area (TPSA) is 43.0 Å². The lowest BCUT2D eigenvalue weighted by atomic mass is 10.00. The quantitative estimate of drug-likeness (QED) is 0.861. The van der Waals surface area contributed by atoms with Gasteiger partial charge in [0.25, 0.3) is 0 Å². The molecule has 2 aromatic rings. The summed E-state index contributed by atoms with van der Waals surface area (Å²) < 4.78 is 16.5. The SMILES string of the molecule is COc1cc(C)c(CN2CCNCC2c2ccccc2OC)cc1OC. The van der Waals surface area contributed by atoms with Crippen molar-refractivity contribution in [2.24, 2.45) is 0 Å². The van der Waals surface area contributed by atoms with Gasteiger partial charge >= 0.3 is 0 Å². The van der Waals surface area contributed by atoms with Crippen LogP contribution in [0.3, 0.4) is 0 Å². The fourth-order valence-corrected chi connectivity index (χ4v) is 3.60. The highest BCUT2D eigenvalue weighted by molar-refractivity contribution is 5.47. The van der Waals surface area contributed by atoms with E-state index in [1.165, 1.54) is 16.7 Å². The first kappa shape index (κ1) is 18.5. The van der Waals surface area contributed by atoms with Crippen LogP contribution in [0.15, 0.2) is 36.4 Å². The van der Waals surface area contributed by atoms with Crippen LogP contribution in [0, 0.1) is 6.92 Å². The molecule has 0 saturated carbocycles. The summed E-state index contributed by atoms with van der Waals surface area (Å²) in [5, 5.41) is 3.51. The zero-order chi connectivity index (χ0) is 18.5. The molecule has 1 aliphatic heterocycles. The Hall–Kier alpha value is -2.24. The average molecular weight is 356 g/mol. The minimum Gasteiger partial charge on any atom is -0.496 e. The minimum absolute atomic E-state index is 0.271. The van der Waals surface area contributed by atoms with Crippen LogP contribution in [0.5, 0.6) is 17.2 Å². The van der Waals surface area contributed by atoms with Gasteiger partial charge in [-0.05, 0) is 36.2 Å². The van der Waals surface area contributed by atoms with Crippen molar-refractivity contribution in [3.8, 4) is 17.2 Å². The highest BCUT2D eigenvalue weighted by Gasteiger charge is 2.26. The maximum absolute atomic E-state index is 5.60. The molecule has 0 radical (unpaired) electrons. The highest BCUT2D eigenvalue weighted by atomic mass is 16.5. The monoisotopic (exact) mass is 356 g/mol. The molecule has 3 rings (SSSR count). The third-order valence-electron chi connectivity index (χ3n) is 5.07. The molecule has 1 fully saturated rings. The molecule has 5 nitrogen and oxygen atoms in total. The van der Waals surface area contributed by atoms with E-state index in [1.54, 1.807) is 21.3 Å². The van der Waals surface area contributed by atoms with Crippen molar-refractivity contribution in [3.05, 3.63) is 53.1 Å². The molecule has 140 valence electrons. The van der Waals surface area contributed by atoms with Crippen molar-refractivity contribution >= 4 is 0 Å². The standard InChI is InChI=1S/C21H28N2O3/c1-15-11-20(25-3)21(26-4)12-16(15)14-23-10-9-22-13-18(23)17-7-5-6-8-19(17)24-2/h5-8,11-12,18,22H,9-10,13-14H2,1-4H3. The Bertz CT molecular complexity index is 748. The van der Waals surface area contributed by atoms with Gasteiger partial charge in [-0.15, -0.1) is 0 Å². The van der Waals surface area contributed by atoms with E-state index in [9.17, 15) is 0 Å².